The van der Waals surface area contributed by atoms with Gasteiger partial charge in [0.25, 0.3) is 0 Å². The number of para-hydroxylation sites is 1. The minimum atomic E-state index is -0.665. The van der Waals surface area contributed by atoms with Gasteiger partial charge in [0.05, 0.1) is 13.2 Å². The Balaban J connectivity index is 1.72. The van der Waals surface area contributed by atoms with Gasteiger partial charge in [-0.25, -0.2) is 0 Å². The fourth-order valence-electron chi connectivity index (χ4n) is 4.78. The maximum Gasteiger partial charge on any atom is 0.245 e. The number of ether oxygens (including phenoxy) is 1. The topological polar surface area (TPSA) is 68.4 Å². The predicted molar refractivity (Wildman–Crippen MR) is 159 cm³/mol. The smallest absolute Gasteiger partial charge is 0.245 e. The van der Waals surface area contributed by atoms with E-state index in [4.69, 9.17) is 27.9 Å². The zero-order valence-corrected chi connectivity index (χ0v) is 25.1. The number of methoxy groups -OCH3 is 1. The van der Waals surface area contributed by atoms with Gasteiger partial charge in [0.2, 0.25) is 11.8 Å². The summed E-state index contributed by atoms with van der Waals surface area (Å²) < 4.78 is 5.24. The van der Waals surface area contributed by atoms with Gasteiger partial charge in [-0.3, -0.25) is 9.59 Å². The van der Waals surface area contributed by atoms with Gasteiger partial charge in [-0.2, -0.15) is 0 Å². The van der Waals surface area contributed by atoms with Crippen molar-refractivity contribution < 1.29 is 14.3 Å². The van der Waals surface area contributed by atoms with E-state index in [1.54, 1.807) is 36.1 Å². The number of carbonyl (C=O) groups excluding carboxylic acids is 2. The van der Waals surface area contributed by atoms with E-state index in [-0.39, 0.29) is 24.4 Å². The molecule has 2 aromatic carbocycles. The van der Waals surface area contributed by atoms with Crippen LogP contribution in [0.2, 0.25) is 10.0 Å². The van der Waals surface area contributed by atoms with Gasteiger partial charge in [-0.15, -0.1) is 0 Å². The van der Waals surface area contributed by atoms with Crippen LogP contribution in [0.3, 0.4) is 0 Å². The predicted octanol–water partition coefficient (Wildman–Crippen LogP) is 3.40. The Labute approximate surface area is 242 Å². The van der Waals surface area contributed by atoms with Gasteiger partial charge >= 0.3 is 0 Å². The number of rotatable bonds is 12. The number of halogens is 2. The van der Waals surface area contributed by atoms with Crippen molar-refractivity contribution in [2.24, 2.45) is 0 Å². The number of hydrogen-bond donors (Lipinski definition) is 1. The standard InChI is InChI=1S/C29H41Cl2N5O3/c1-21(20-39-5)32-18-23-8-6-7-9-26(23)35-12-14-36(15-13-35)29(38)27(34(4)28(37)19-33(2)3)16-22-10-11-24(30)17-25(22)31/h6-11,17,21,27,32H,12-16,18-20H2,1-5H3. The molecule has 1 aliphatic rings. The summed E-state index contributed by atoms with van der Waals surface area (Å²) in [4.78, 5) is 34.4. The van der Waals surface area contributed by atoms with Crippen LogP contribution in [-0.2, 0) is 27.3 Å². The first-order valence-electron chi connectivity index (χ1n) is 13.3. The van der Waals surface area contributed by atoms with Crippen LogP contribution in [0.1, 0.15) is 18.1 Å². The highest BCUT2D eigenvalue weighted by atomic mass is 35.5. The number of likely N-dealkylation sites (N-methyl/N-ethyl adjacent to an activating group) is 2. The minimum Gasteiger partial charge on any atom is -0.383 e. The molecule has 1 heterocycles. The molecule has 2 aromatic rings. The number of nitrogens with one attached hydrogen (secondary N) is 1. The fourth-order valence-corrected chi connectivity index (χ4v) is 5.27. The molecule has 2 atom stereocenters. The second-order valence-corrected chi connectivity index (χ2v) is 11.2. The summed E-state index contributed by atoms with van der Waals surface area (Å²) in [6, 6.07) is 13.2. The van der Waals surface area contributed by atoms with E-state index in [9.17, 15) is 9.59 Å². The van der Waals surface area contributed by atoms with Crippen LogP contribution in [0.4, 0.5) is 5.69 Å². The highest BCUT2D eigenvalue weighted by molar-refractivity contribution is 6.35. The van der Waals surface area contributed by atoms with E-state index in [0.29, 0.717) is 49.3 Å². The van der Waals surface area contributed by atoms with Crippen LogP contribution in [0.25, 0.3) is 0 Å². The highest BCUT2D eigenvalue weighted by Crippen LogP contribution is 2.25. The van der Waals surface area contributed by atoms with Crippen LogP contribution in [-0.4, -0.2) is 106 Å². The van der Waals surface area contributed by atoms with Crippen molar-refractivity contribution in [3.8, 4) is 0 Å². The number of piperazine rings is 1. The Morgan fingerprint density at radius 2 is 1.72 bits per heavy atom. The Morgan fingerprint density at radius 1 is 1.03 bits per heavy atom. The molecule has 0 aliphatic carbocycles. The van der Waals surface area contributed by atoms with E-state index in [1.807, 2.05) is 37.2 Å². The Morgan fingerprint density at radius 3 is 2.36 bits per heavy atom. The Hall–Kier alpha value is -2.36. The normalized spacial score (nSPS) is 15.4. The fraction of sp³-hybridized carbons (Fsp3) is 0.517. The van der Waals surface area contributed by atoms with E-state index < -0.39 is 6.04 Å². The third kappa shape index (κ3) is 8.82. The largest absolute Gasteiger partial charge is 0.383 e. The lowest BCUT2D eigenvalue weighted by molar-refractivity contribution is -0.145. The van der Waals surface area contributed by atoms with Crippen molar-refractivity contribution in [3.05, 3.63) is 63.6 Å². The molecular weight excluding hydrogens is 537 g/mol. The molecule has 39 heavy (non-hydrogen) atoms. The molecule has 0 spiro atoms. The summed E-state index contributed by atoms with van der Waals surface area (Å²) in [7, 11) is 7.08. The lowest BCUT2D eigenvalue weighted by Crippen LogP contribution is -2.56. The van der Waals surface area contributed by atoms with Crippen molar-refractivity contribution in [2.75, 3.05) is 72.5 Å². The monoisotopic (exact) mass is 577 g/mol. The summed E-state index contributed by atoms with van der Waals surface area (Å²) >= 11 is 12.5. The maximum absolute atomic E-state index is 13.9. The lowest BCUT2D eigenvalue weighted by Gasteiger charge is -2.40. The number of nitrogens with zero attached hydrogens (tertiary/aromatic N) is 4. The zero-order valence-electron chi connectivity index (χ0n) is 23.6. The zero-order chi connectivity index (χ0) is 28.5. The summed E-state index contributed by atoms with van der Waals surface area (Å²) in [6.45, 7) is 6.27. The van der Waals surface area contributed by atoms with Crippen LogP contribution < -0.4 is 10.2 Å². The molecule has 0 bridgehead atoms. The Kier molecular flexibility index (Phi) is 11.9. The molecule has 1 aliphatic heterocycles. The van der Waals surface area contributed by atoms with Gasteiger partial charge in [-0.05, 0) is 50.3 Å². The first kappa shape index (κ1) is 31.2. The average molecular weight is 579 g/mol. The highest BCUT2D eigenvalue weighted by Gasteiger charge is 2.33. The molecule has 214 valence electrons. The van der Waals surface area contributed by atoms with Gasteiger partial charge in [-0.1, -0.05) is 47.5 Å². The van der Waals surface area contributed by atoms with Crippen molar-refractivity contribution in [3.63, 3.8) is 0 Å². The molecule has 8 nitrogen and oxygen atoms in total. The van der Waals surface area contributed by atoms with Crippen LogP contribution in [0.15, 0.2) is 42.5 Å². The first-order valence-corrected chi connectivity index (χ1v) is 14.0. The summed E-state index contributed by atoms with van der Waals surface area (Å²) in [6.07, 6.45) is 0.318. The molecule has 2 amide bonds. The molecule has 1 N–H and O–H groups in total. The molecule has 0 aromatic heterocycles. The third-order valence-electron chi connectivity index (χ3n) is 7.01. The Bertz CT molecular complexity index is 1110. The summed E-state index contributed by atoms with van der Waals surface area (Å²) in [5.41, 5.74) is 3.17. The number of amides is 2. The second-order valence-electron chi connectivity index (χ2n) is 10.4. The van der Waals surface area contributed by atoms with E-state index >= 15 is 0 Å². The first-order chi connectivity index (χ1) is 18.6. The lowest BCUT2D eigenvalue weighted by atomic mass is 10.0. The SMILES string of the molecule is COCC(C)NCc1ccccc1N1CCN(C(=O)C(Cc2ccc(Cl)cc2Cl)N(C)C(=O)CN(C)C)CC1. The average Bonchev–Trinajstić information content (AvgIpc) is 2.91. The summed E-state index contributed by atoms with van der Waals surface area (Å²) in [5, 5.41) is 4.53. The van der Waals surface area contributed by atoms with Crippen molar-refractivity contribution in [2.45, 2.75) is 32.0 Å². The third-order valence-corrected chi connectivity index (χ3v) is 7.59. The van der Waals surface area contributed by atoms with E-state index in [2.05, 4.69) is 29.3 Å². The maximum atomic E-state index is 13.9. The number of carbonyl (C=O) groups is 2. The van der Waals surface area contributed by atoms with Gasteiger partial charge in [0.15, 0.2) is 0 Å². The second kappa shape index (κ2) is 14.9. The van der Waals surface area contributed by atoms with E-state index in [1.165, 1.54) is 11.3 Å². The minimum absolute atomic E-state index is 0.0707. The molecule has 0 radical (unpaired) electrons. The van der Waals surface area contributed by atoms with Crippen molar-refractivity contribution in [1.82, 2.24) is 20.0 Å². The molecule has 2 unspecified atom stereocenters. The van der Waals surface area contributed by atoms with Crippen LogP contribution in [0.5, 0.6) is 0 Å². The molecule has 0 saturated carbocycles. The molecule has 1 fully saturated rings. The molecule has 3 rings (SSSR count). The van der Waals surface area contributed by atoms with Crippen molar-refractivity contribution in [1.29, 1.82) is 0 Å². The van der Waals surface area contributed by atoms with Crippen LogP contribution in [0, 0.1) is 0 Å². The van der Waals surface area contributed by atoms with Gasteiger partial charge in [0.1, 0.15) is 6.04 Å². The number of hydrogen-bond acceptors (Lipinski definition) is 6. The van der Waals surface area contributed by atoms with E-state index in [0.717, 1.165) is 12.1 Å². The number of anilines is 1. The molecule has 10 heteroatoms. The van der Waals surface area contributed by atoms with Gasteiger partial charge < -0.3 is 29.7 Å². The quantitative estimate of drug-likeness (QED) is 0.417. The number of benzene rings is 2. The summed E-state index contributed by atoms with van der Waals surface area (Å²) in [5.74, 6) is -0.190. The van der Waals surface area contributed by atoms with Gasteiger partial charge in [0, 0.05) is 75.1 Å². The molecule has 1 saturated heterocycles. The molecular formula is C29H41Cl2N5O3. The van der Waals surface area contributed by atoms with Crippen molar-refractivity contribution >= 4 is 40.7 Å². The van der Waals surface area contributed by atoms with Crippen LogP contribution >= 0.6 is 23.2 Å².